The van der Waals surface area contributed by atoms with Gasteiger partial charge in [0.15, 0.2) is 5.96 Å². The molecule has 1 saturated heterocycles. The summed E-state index contributed by atoms with van der Waals surface area (Å²) < 4.78 is 24.7. The van der Waals surface area contributed by atoms with E-state index in [0.29, 0.717) is 31.7 Å². The standard InChI is InChI=1S/C25H35FN4O2.HI/c1-27-25(28-12-9-20-5-3-7-22(26)17-20)29-19-21-6-4-8-24(18-21)32-16-13-30(2)23-10-14-31-15-11-23;/h3-8,17-18,23H,9-16,19H2,1-2H3,(H2,27,28,29);1H. The van der Waals surface area contributed by atoms with E-state index in [4.69, 9.17) is 9.47 Å². The summed E-state index contributed by atoms with van der Waals surface area (Å²) in [7, 11) is 3.90. The van der Waals surface area contributed by atoms with E-state index in [1.807, 2.05) is 18.2 Å². The van der Waals surface area contributed by atoms with Crippen LogP contribution < -0.4 is 15.4 Å². The molecule has 1 fully saturated rings. The summed E-state index contributed by atoms with van der Waals surface area (Å²) in [6.07, 6.45) is 2.91. The van der Waals surface area contributed by atoms with Crippen LogP contribution in [-0.4, -0.2) is 63.9 Å². The number of likely N-dealkylation sites (N-methyl/N-ethyl adjacent to an activating group) is 1. The SMILES string of the molecule is CN=C(NCCc1cccc(F)c1)NCc1cccc(OCCN(C)C2CCOCC2)c1.I. The third-order valence-corrected chi connectivity index (χ3v) is 5.70. The molecule has 0 saturated carbocycles. The topological polar surface area (TPSA) is 58.1 Å². The fraction of sp³-hybridized carbons (Fsp3) is 0.480. The fourth-order valence-electron chi connectivity index (χ4n) is 3.79. The minimum atomic E-state index is -0.206. The molecule has 33 heavy (non-hydrogen) atoms. The van der Waals surface area contributed by atoms with Gasteiger partial charge in [0.25, 0.3) is 0 Å². The van der Waals surface area contributed by atoms with Crippen molar-refractivity contribution in [1.82, 2.24) is 15.5 Å². The van der Waals surface area contributed by atoms with Crippen molar-refractivity contribution in [3.05, 3.63) is 65.5 Å². The summed E-state index contributed by atoms with van der Waals surface area (Å²) in [5.74, 6) is 1.38. The van der Waals surface area contributed by atoms with Crippen molar-refractivity contribution in [3.63, 3.8) is 0 Å². The van der Waals surface area contributed by atoms with Crippen molar-refractivity contribution in [1.29, 1.82) is 0 Å². The van der Waals surface area contributed by atoms with E-state index in [9.17, 15) is 4.39 Å². The van der Waals surface area contributed by atoms with Crippen molar-refractivity contribution < 1.29 is 13.9 Å². The van der Waals surface area contributed by atoms with E-state index in [1.165, 1.54) is 6.07 Å². The van der Waals surface area contributed by atoms with Crippen molar-refractivity contribution in [2.75, 3.05) is 47.0 Å². The minimum Gasteiger partial charge on any atom is -0.492 e. The molecule has 0 bridgehead atoms. The Morgan fingerprint density at radius 1 is 1.12 bits per heavy atom. The second kappa shape index (κ2) is 15.1. The number of ether oxygens (including phenoxy) is 2. The molecule has 8 heteroatoms. The first-order chi connectivity index (χ1) is 15.6. The number of guanidine groups is 1. The van der Waals surface area contributed by atoms with Crippen LogP contribution in [0.25, 0.3) is 0 Å². The minimum absolute atomic E-state index is 0. The van der Waals surface area contributed by atoms with Gasteiger partial charge in [0.2, 0.25) is 0 Å². The number of benzene rings is 2. The van der Waals surface area contributed by atoms with Crippen LogP contribution in [0.4, 0.5) is 4.39 Å². The molecule has 6 nitrogen and oxygen atoms in total. The Morgan fingerprint density at radius 3 is 2.64 bits per heavy atom. The zero-order valence-electron chi connectivity index (χ0n) is 19.6. The third kappa shape index (κ3) is 9.85. The van der Waals surface area contributed by atoms with Crippen LogP contribution in [0.5, 0.6) is 5.75 Å². The molecule has 0 unspecified atom stereocenters. The average Bonchev–Trinajstić information content (AvgIpc) is 2.82. The van der Waals surface area contributed by atoms with Crippen molar-refractivity contribution >= 4 is 29.9 Å². The monoisotopic (exact) mass is 570 g/mol. The molecule has 2 aromatic rings. The smallest absolute Gasteiger partial charge is 0.191 e. The molecular weight excluding hydrogens is 534 g/mol. The van der Waals surface area contributed by atoms with Crippen LogP contribution in [0.3, 0.4) is 0 Å². The van der Waals surface area contributed by atoms with Crippen LogP contribution in [0.15, 0.2) is 53.5 Å². The summed E-state index contributed by atoms with van der Waals surface area (Å²) in [6, 6.07) is 15.4. The fourth-order valence-corrected chi connectivity index (χ4v) is 3.79. The van der Waals surface area contributed by atoms with Crippen LogP contribution in [0.2, 0.25) is 0 Å². The first kappa shape index (κ1) is 27.3. The molecule has 1 aliphatic rings. The molecule has 0 amide bonds. The number of hydrogen-bond acceptors (Lipinski definition) is 4. The molecular formula is C25H36FIN4O2. The van der Waals surface area contributed by atoms with Gasteiger partial charge >= 0.3 is 0 Å². The number of aliphatic imine (C=N–C) groups is 1. The normalized spacial score (nSPS) is 14.6. The van der Waals surface area contributed by atoms with Crippen LogP contribution in [-0.2, 0) is 17.7 Å². The van der Waals surface area contributed by atoms with Crippen LogP contribution in [0, 0.1) is 5.82 Å². The Morgan fingerprint density at radius 2 is 1.88 bits per heavy atom. The van der Waals surface area contributed by atoms with Crippen molar-refractivity contribution in [2.45, 2.75) is 31.8 Å². The van der Waals surface area contributed by atoms with E-state index < -0.39 is 0 Å². The average molecular weight is 570 g/mol. The number of nitrogens with zero attached hydrogens (tertiary/aromatic N) is 2. The van der Waals surface area contributed by atoms with Gasteiger partial charge in [-0.15, -0.1) is 24.0 Å². The lowest BCUT2D eigenvalue weighted by Crippen LogP contribution is -2.38. The highest BCUT2D eigenvalue weighted by atomic mass is 127. The molecule has 0 radical (unpaired) electrons. The number of halogens is 2. The second-order valence-electron chi connectivity index (χ2n) is 8.05. The summed E-state index contributed by atoms with van der Waals surface area (Å²) in [5, 5.41) is 6.59. The van der Waals surface area contributed by atoms with Gasteiger partial charge in [0, 0.05) is 45.9 Å². The van der Waals surface area contributed by atoms with E-state index in [-0.39, 0.29) is 29.8 Å². The molecule has 0 aliphatic carbocycles. The lowest BCUT2D eigenvalue weighted by Gasteiger charge is -2.31. The lowest BCUT2D eigenvalue weighted by molar-refractivity contribution is 0.0392. The molecule has 182 valence electrons. The highest BCUT2D eigenvalue weighted by molar-refractivity contribution is 14.0. The van der Waals surface area contributed by atoms with E-state index in [2.05, 4.69) is 39.7 Å². The highest BCUT2D eigenvalue weighted by Gasteiger charge is 2.17. The third-order valence-electron chi connectivity index (χ3n) is 5.70. The molecule has 0 atom stereocenters. The van der Waals surface area contributed by atoms with Gasteiger partial charge in [-0.2, -0.15) is 0 Å². The summed E-state index contributed by atoms with van der Waals surface area (Å²) in [6.45, 7) is 4.58. The van der Waals surface area contributed by atoms with Gasteiger partial charge in [-0.3, -0.25) is 9.89 Å². The number of nitrogens with one attached hydrogen (secondary N) is 2. The summed E-state index contributed by atoms with van der Waals surface area (Å²) in [5.41, 5.74) is 2.08. The predicted molar refractivity (Wildman–Crippen MR) is 142 cm³/mol. The molecule has 1 aliphatic heterocycles. The van der Waals surface area contributed by atoms with Crippen LogP contribution >= 0.6 is 24.0 Å². The summed E-state index contributed by atoms with van der Waals surface area (Å²) >= 11 is 0. The molecule has 3 rings (SSSR count). The largest absolute Gasteiger partial charge is 0.492 e. The van der Waals surface area contributed by atoms with Gasteiger partial charge in [-0.25, -0.2) is 4.39 Å². The van der Waals surface area contributed by atoms with Gasteiger partial charge in [-0.1, -0.05) is 24.3 Å². The quantitative estimate of drug-likeness (QED) is 0.259. The Balaban J connectivity index is 0.00000385. The van der Waals surface area contributed by atoms with Gasteiger partial charge in [0.1, 0.15) is 18.2 Å². The number of rotatable bonds is 10. The molecule has 2 aromatic carbocycles. The molecule has 0 aromatic heterocycles. The predicted octanol–water partition coefficient (Wildman–Crippen LogP) is 3.84. The number of hydrogen-bond donors (Lipinski definition) is 2. The van der Waals surface area contributed by atoms with E-state index in [0.717, 1.165) is 55.9 Å². The van der Waals surface area contributed by atoms with Crippen molar-refractivity contribution in [2.24, 2.45) is 4.99 Å². The Kier molecular flexibility index (Phi) is 12.5. The summed E-state index contributed by atoms with van der Waals surface area (Å²) in [4.78, 5) is 6.63. The molecule has 0 spiro atoms. The highest BCUT2D eigenvalue weighted by Crippen LogP contribution is 2.15. The van der Waals surface area contributed by atoms with Gasteiger partial charge < -0.3 is 20.1 Å². The molecule has 1 heterocycles. The van der Waals surface area contributed by atoms with Gasteiger partial charge in [0.05, 0.1) is 0 Å². The van der Waals surface area contributed by atoms with Crippen molar-refractivity contribution in [3.8, 4) is 5.75 Å². The van der Waals surface area contributed by atoms with Crippen LogP contribution in [0.1, 0.15) is 24.0 Å². The lowest BCUT2D eigenvalue weighted by atomic mass is 10.1. The Labute approximate surface area is 214 Å². The Hall–Kier alpha value is -1.91. The maximum Gasteiger partial charge on any atom is 0.191 e. The maximum absolute atomic E-state index is 13.3. The maximum atomic E-state index is 13.3. The first-order valence-electron chi connectivity index (χ1n) is 11.3. The zero-order chi connectivity index (χ0) is 22.6. The Bertz CT molecular complexity index is 862. The van der Waals surface area contributed by atoms with Gasteiger partial charge in [-0.05, 0) is 61.7 Å². The van der Waals surface area contributed by atoms with E-state index >= 15 is 0 Å². The molecule has 2 N–H and O–H groups in total. The first-order valence-corrected chi connectivity index (χ1v) is 11.3. The van der Waals surface area contributed by atoms with E-state index in [1.54, 1.807) is 19.2 Å². The zero-order valence-corrected chi connectivity index (χ0v) is 21.9. The second-order valence-corrected chi connectivity index (χ2v) is 8.05.